The maximum Gasteiger partial charge on any atom is 0.331 e. The summed E-state index contributed by atoms with van der Waals surface area (Å²) in [4.78, 5) is 32.9. The Balaban J connectivity index is 2.62. The summed E-state index contributed by atoms with van der Waals surface area (Å²) in [6.45, 7) is 2.02. The zero-order valence-electron chi connectivity index (χ0n) is 8.15. The number of nitrogens with one attached hydrogen (secondary N) is 2. The van der Waals surface area contributed by atoms with E-state index >= 15 is 0 Å². The Morgan fingerprint density at radius 2 is 2.00 bits per heavy atom. The van der Waals surface area contributed by atoms with Gasteiger partial charge in [0.25, 0.3) is 0 Å². The summed E-state index contributed by atoms with van der Waals surface area (Å²) >= 11 is 0. The summed E-state index contributed by atoms with van der Waals surface area (Å²) in [5, 5.41) is 13.0. The van der Waals surface area contributed by atoms with E-state index in [2.05, 4.69) is 10.6 Å². The molecule has 0 spiro atoms. The molecule has 7 heteroatoms. The number of ether oxygens (including phenoxy) is 1. The zero-order valence-corrected chi connectivity index (χ0v) is 8.15. The maximum absolute atomic E-state index is 11.3. The number of esters is 1. The van der Waals surface area contributed by atoms with Crippen molar-refractivity contribution in [2.45, 2.75) is 25.4 Å². The van der Waals surface area contributed by atoms with E-state index < -0.39 is 30.1 Å². The van der Waals surface area contributed by atoms with Crippen molar-refractivity contribution in [2.75, 3.05) is 6.61 Å². The van der Waals surface area contributed by atoms with Crippen LogP contribution < -0.4 is 10.6 Å². The first-order chi connectivity index (χ1) is 7.06. The van der Waals surface area contributed by atoms with Gasteiger partial charge in [-0.2, -0.15) is 0 Å². The molecule has 2 atom stereocenters. The molecule has 1 rings (SSSR count). The van der Waals surface area contributed by atoms with E-state index in [-0.39, 0.29) is 6.61 Å². The number of carboxylic acid groups (broad SMARTS) is 1. The summed E-state index contributed by atoms with van der Waals surface area (Å²) in [6.07, 6.45) is 0.636. The van der Waals surface area contributed by atoms with Gasteiger partial charge in [-0.25, -0.2) is 14.4 Å². The Hall–Kier alpha value is -1.79. The number of hydrogen-bond acceptors (Lipinski definition) is 4. The predicted molar refractivity (Wildman–Crippen MR) is 48.1 cm³/mol. The lowest BCUT2D eigenvalue weighted by atomic mass is 10.1. The highest BCUT2D eigenvalue weighted by Gasteiger charge is 2.42. The molecule has 1 fully saturated rings. The third-order valence-corrected chi connectivity index (χ3v) is 1.87. The molecule has 1 aliphatic heterocycles. The second-order valence-corrected chi connectivity index (χ2v) is 3.08. The van der Waals surface area contributed by atoms with Gasteiger partial charge in [0.15, 0.2) is 12.1 Å². The molecule has 0 aromatic carbocycles. The van der Waals surface area contributed by atoms with Crippen LogP contribution in [0.2, 0.25) is 0 Å². The number of rotatable bonds is 4. The first-order valence-electron chi connectivity index (χ1n) is 4.52. The average Bonchev–Trinajstić information content (AvgIpc) is 2.57. The Morgan fingerprint density at radius 3 is 2.53 bits per heavy atom. The highest BCUT2D eigenvalue weighted by Crippen LogP contribution is 2.04. The molecular weight excluding hydrogens is 204 g/mol. The summed E-state index contributed by atoms with van der Waals surface area (Å²) in [6, 6.07) is -3.09. The van der Waals surface area contributed by atoms with E-state index in [1.807, 2.05) is 6.92 Å². The van der Waals surface area contributed by atoms with E-state index in [1.165, 1.54) is 0 Å². The Labute approximate surface area is 85.8 Å². The molecule has 2 unspecified atom stereocenters. The van der Waals surface area contributed by atoms with Gasteiger partial charge in [0.2, 0.25) is 0 Å². The van der Waals surface area contributed by atoms with Crippen molar-refractivity contribution in [3.63, 3.8) is 0 Å². The van der Waals surface area contributed by atoms with E-state index in [4.69, 9.17) is 9.84 Å². The third-order valence-electron chi connectivity index (χ3n) is 1.87. The van der Waals surface area contributed by atoms with Gasteiger partial charge >= 0.3 is 18.0 Å². The van der Waals surface area contributed by atoms with Crippen LogP contribution in [0.4, 0.5) is 4.79 Å². The molecule has 1 saturated heterocycles. The topological polar surface area (TPSA) is 105 Å². The van der Waals surface area contributed by atoms with Crippen molar-refractivity contribution in [2.24, 2.45) is 0 Å². The van der Waals surface area contributed by atoms with Crippen molar-refractivity contribution >= 4 is 18.0 Å². The van der Waals surface area contributed by atoms with Crippen LogP contribution in [0, 0.1) is 0 Å². The minimum Gasteiger partial charge on any atom is -0.480 e. The predicted octanol–water partition coefficient (Wildman–Crippen LogP) is -0.926. The minimum atomic E-state index is -1.27. The Bertz CT molecular complexity index is 291. The number of urea groups is 1. The quantitative estimate of drug-likeness (QED) is 0.527. The summed E-state index contributed by atoms with van der Waals surface area (Å²) in [5.74, 6) is -2.01. The number of hydrogen-bond donors (Lipinski definition) is 3. The van der Waals surface area contributed by atoms with Gasteiger partial charge in [0.05, 0.1) is 6.61 Å². The zero-order chi connectivity index (χ0) is 11.4. The van der Waals surface area contributed by atoms with Gasteiger partial charge in [0, 0.05) is 0 Å². The van der Waals surface area contributed by atoms with Gasteiger partial charge < -0.3 is 20.5 Å². The molecule has 0 aliphatic carbocycles. The summed E-state index contributed by atoms with van der Waals surface area (Å²) in [7, 11) is 0. The molecule has 7 nitrogen and oxygen atoms in total. The lowest BCUT2D eigenvalue weighted by molar-refractivity contribution is -0.150. The molecular formula is C8H12N2O5. The van der Waals surface area contributed by atoms with E-state index in [1.54, 1.807) is 0 Å². The fourth-order valence-corrected chi connectivity index (χ4v) is 1.18. The Morgan fingerprint density at radius 1 is 1.40 bits per heavy atom. The van der Waals surface area contributed by atoms with Gasteiger partial charge in [0.1, 0.15) is 0 Å². The van der Waals surface area contributed by atoms with Gasteiger partial charge in [-0.3, -0.25) is 0 Å². The van der Waals surface area contributed by atoms with E-state index in [9.17, 15) is 14.4 Å². The molecule has 0 aromatic heterocycles. The highest BCUT2D eigenvalue weighted by atomic mass is 16.5. The lowest BCUT2D eigenvalue weighted by Gasteiger charge is -2.12. The maximum atomic E-state index is 11.3. The van der Waals surface area contributed by atoms with Crippen molar-refractivity contribution in [3.8, 4) is 0 Å². The summed E-state index contributed by atoms with van der Waals surface area (Å²) in [5.41, 5.74) is 0. The lowest BCUT2D eigenvalue weighted by Crippen LogP contribution is -2.46. The molecule has 0 saturated carbocycles. The van der Waals surface area contributed by atoms with Gasteiger partial charge in [-0.1, -0.05) is 6.92 Å². The monoisotopic (exact) mass is 216 g/mol. The van der Waals surface area contributed by atoms with Gasteiger partial charge in [-0.05, 0) is 6.42 Å². The number of carboxylic acids is 1. The highest BCUT2D eigenvalue weighted by molar-refractivity contribution is 5.96. The van der Waals surface area contributed by atoms with E-state index in [0.29, 0.717) is 6.42 Å². The fourth-order valence-electron chi connectivity index (χ4n) is 1.18. The van der Waals surface area contributed by atoms with Crippen LogP contribution >= 0.6 is 0 Å². The van der Waals surface area contributed by atoms with Crippen molar-refractivity contribution in [3.05, 3.63) is 0 Å². The second-order valence-electron chi connectivity index (χ2n) is 3.08. The van der Waals surface area contributed by atoms with Crippen LogP contribution in [0.3, 0.4) is 0 Å². The fraction of sp³-hybridized carbons (Fsp3) is 0.625. The number of amides is 2. The summed E-state index contributed by atoms with van der Waals surface area (Å²) < 4.78 is 4.75. The number of carbonyl (C=O) groups is 3. The van der Waals surface area contributed by atoms with Crippen LogP contribution in [0.15, 0.2) is 0 Å². The van der Waals surface area contributed by atoms with Crippen LogP contribution in [0.25, 0.3) is 0 Å². The van der Waals surface area contributed by atoms with Crippen LogP contribution in [-0.4, -0.2) is 41.8 Å². The molecule has 2 amide bonds. The first-order valence-corrected chi connectivity index (χ1v) is 4.52. The van der Waals surface area contributed by atoms with Crippen molar-refractivity contribution < 1.29 is 24.2 Å². The minimum absolute atomic E-state index is 0.206. The SMILES string of the molecule is CCCOC(=O)C1NC(=O)NC1C(=O)O. The average molecular weight is 216 g/mol. The van der Waals surface area contributed by atoms with Gasteiger partial charge in [-0.15, -0.1) is 0 Å². The van der Waals surface area contributed by atoms with E-state index in [0.717, 1.165) is 0 Å². The molecule has 3 N–H and O–H groups in total. The standard InChI is InChI=1S/C8H12N2O5/c1-2-3-15-7(13)5-4(6(11)12)9-8(14)10-5/h4-5H,2-3H2,1H3,(H,11,12)(H2,9,10,14). The smallest absolute Gasteiger partial charge is 0.331 e. The van der Waals surface area contributed by atoms with Crippen LogP contribution in [0.5, 0.6) is 0 Å². The first kappa shape index (κ1) is 11.3. The van der Waals surface area contributed by atoms with Crippen LogP contribution in [0.1, 0.15) is 13.3 Å². The third kappa shape index (κ3) is 2.58. The molecule has 0 radical (unpaired) electrons. The molecule has 1 heterocycles. The second kappa shape index (κ2) is 4.63. The molecule has 1 aliphatic rings. The van der Waals surface area contributed by atoms with Crippen LogP contribution in [-0.2, 0) is 14.3 Å². The molecule has 0 bridgehead atoms. The Kier molecular flexibility index (Phi) is 3.48. The normalized spacial score (nSPS) is 24.2. The van der Waals surface area contributed by atoms with Crippen molar-refractivity contribution in [1.82, 2.24) is 10.6 Å². The number of aliphatic carboxylic acids is 1. The molecule has 15 heavy (non-hydrogen) atoms. The largest absolute Gasteiger partial charge is 0.480 e. The van der Waals surface area contributed by atoms with Crippen molar-refractivity contribution in [1.29, 1.82) is 0 Å². The molecule has 0 aromatic rings. The number of carbonyl (C=O) groups excluding carboxylic acids is 2. The molecule has 84 valence electrons.